The topological polar surface area (TPSA) is 72.0 Å². The summed E-state index contributed by atoms with van der Waals surface area (Å²) in [6.45, 7) is 3.76. The Morgan fingerprint density at radius 2 is 1.69 bits per heavy atom. The van der Waals surface area contributed by atoms with Crippen molar-refractivity contribution in [3.63, 3.8) is 0 Å². The molecule has 3 aromatic rings. The van der Waals surface area contributed by atoms with Crippen LogP contribution in [-0.2, 0) is 16.6 Å². The van der Waals surface area contributed by atoms with Gasteiger partial charge in [-0.3, -0.25) is 4.90 Å². The van der Waals surface area contributed by atoms with Gasteiger partial charge in [0, 0.05) is 54.8 Å². The standard InChI is InChI=1S/C22H22ClN3O4S2/c23-17-3-1-16(2-4-17)22-24-18(15-31-22)14-25-7-9-26(10-8-25)32(27,28)19-5-6-20-21(13-19)30-12-11-29-20/h1-6,13,15H,7-12,14H2. The van der Waals surface area contributed by atoms with Crippen molar-refractivity contribution in [3.05, 3.63) is 58.6 Å². The first-order valence-electron chi connectivity index (χ1n) is 10.3. The first kappa shape index (κ1) is 21.7. The van der Waals surface area contributed by atoms with E-state index in [9.17, 15) is 8.42 Å². The maximum atomic E-state index is 13.1. The number of sulfonamides is 1. The Hall–Kier alpha value is -2.17. The van der Waals surface area contributed by atoms with Crippen LogP contribution in [0.3, 0.4) is 0 Å². The number of nitrogens with zero attached hydrogens (tertiary/aromatic N) is 3. The molecular weight excluding hydrogens is 470 g/mol. The second kappa shape index (κ2) is 8.99. The van der Waals surface area contributed by atoms with Gasteiger partial charge in [0.15, 0.2) is 11.5 Å². The number of ether oxygens (including phenoxy) is 2. The third-order valence-corrected chi connectivity index (χ3v) is 8.60. The molecule has 0 amide bonds. The molecule has 32 heavy (non-hydrogen) atoms. The molecule has 7 nitrogen and oxygen atoms in total. The molecular formula is C22H22ClN3O4S2. The molecule has 10 heteroatoms. The number of rotatable bonds is 5. The van der Waals surface area contributed by atoms with Crippen LogP contribution >= 0.6 is 22.9 Å². The van der Waals surface area contributed by atoms with Crippen molar-refractivity contribution in [1.82, 2.24) is 14.2 Å². The van der Waals surface area contributed by atoms with Gasteiger partial charge in [0.2, 0.25) is 10.0 Å². The minimum absolute atomic E-state index is 0.238. The molecule has 1 fully saturated rings. The molecule has 168 valence electrons. The van der Waals surface area contributed by atoms with E-state index in [2.05, 4.69) is 10.3 Å². The van der Waals surface area contributed by atoms with Gasteiger partial charge in [0.1, 0.15) is 18.2 Å². The van der Waals surface area contributed by atoms with Gasteiger partial charge in [-0.2, -0.15) is 4.31 Å². The number of hydrogen-bond donors (Lipinski definition) is 0. The van der Waals surface area contributed by atoms with Crippen molar-refractivity contribution in [1.29, 1.82) is 0 Å². The Bertz CT molecular complexity index is 1210. The van der Waals surface area contributed by atoms with E-state index < -0.39 is 10.0 Å². The summed E-state index contributed by atoms with van der Waals surface area (Å²) in [6.07, 6.45) is 0. The lowest BCUT2D eigenvalue weighted by atomic mass is 10.2. The lowest BCUT2D eigenvalue weighted by Gasteiger charge is -2.33. The molecule has 2 aliphatic rings. The molecule has 0 N–H and O–H groups in total. The molecule has 0 atom stereocenters. The molecule has 2 aromatic carbocycles. The van der Waals surface area contributed by atoms with Crippen molar-refractivity contribution in [3.8, 4) is 22.1 Å². The molecule has 1 saturated heterocycles. The van der Waals surface area contributed by atoms with E-state index in [1.165, 1.54) is 4.31 Å². The largest absolute Gasteiger partial charge is 0.486 e. The van der Waals surface area contributed by atoms with Crippen molar-refractivity contribution < 1.29 is 17.9 Å². The van der Waals surface area contributed by atoms with Crippen molar-refractivity contribution in [2.75, 3.05) is 39.4 Å². The highest BCUT2D eigenvalue weighted by molar-refractivity contribution is 7.89. The molecule has 0 unspecified atom stereocenters. The van der Waals surface area contributed by atoms with Crippen LogP contribution in [0.15, 0.2) is 52.7 Å². The second-order valence-electron chi connectivity index (χ2n) is 7.64. The fourth-order valence-electron chi connectivity index (χ4n) is 3.79. The van der Waals surface area contributed by atoms with Crippen LogP contribution in [0.5, 0.6) is 11.5 Å². The van der Waals surface area contributed by atoms with E-state index >= 15 is 0 Å². The highest BCUT2D eigenvalue weighted by Crippen LogP contribution is 2.33. The maximum Gasteiger partial charge on any atom is 0.243 e. The maximum absolute atomic E-state index is 13.1. The highest BCUT2D eigenvalue weighted by atomic mass is 35.5. The third-order valence-electron chi connectivity index (χ3n) is 5.51. The van der Waals surface area contributed by atoms with Gasteiger partial charge >= 0.3 is 0 Å². The molecule has 1 aromatic heterocycles. The van der Waals surface area contributed by atoms with Crippen molar-refractivity contribution in [2.24, 2.45) is 0 Å². The smallest absolute Gasteiger partial charge is 0.243 e. The van der Waals surface area contributed by atoms with Gasteiger partial charge in [0.05, 0.1) is 10.6 Å². The number of benzene rings is 2. The second-order valence-corrected chi connectivity index (χ2v) is 10.9. The molecule has 0 saturated carbocycles. The van der Waals surface area contributed by atoms with E-state index in [4.69, 9.17) is 26.1 Å². The molecule has 3 heterocycles. The van der Waals surface area contributed by atoms with Gasteiger partial charge in [-0.05, 0) is 24.3 Å². The minimum Gasteiger partial charge on any atom is -0.486 e. The number of fused-ring (bicyclic) bond motifs is 1. The first-order valence-corrected chi connectivity index (χ1v) is 13.0. The highest BCUT2D eigenvalue weighted by Gasteiger charge is 2.30. The van der Waals surface area contributed by atoms with Crippen LogP contribution in [0.2, 0.25) is 5.02 Å². The number of halogens is 1. The zero-order valence-electron chi connectivity index (χ0n) is 17.2. The van der Waals surface area contributed by atoms with Crippen LogP contribution < -0.4 is 9.47 Å². The molecule has 0 bridgehead atoms. The monoisotopic (exact) mass is 491 g/mol. The Morgan fingerprint density at radius 1 is 0.969 bits per heavy atom. The van der Waals surface area contributed by atoms with Crippen molar-refractivity contribution in [2.45, 2.75) is 11.4 Å². The number of hydrogen-bond acceptors (Lipinski definition) is 7. The van der Waals surface area contributed by atoms with E-state index in [-0.39, 0.29) is 4.90 Å². The Kier molecular flexibility index (Phi) is 6.09. The number of thiazole rings is 1. The quantitative estimate of drug-likeness (QED) is 0.541. The molecule has 5 rings (SSSR count). The summed E-state index contributed by atoms with van der Waals surface area (Å²) in [5.41, 5.74) is 2.03. The van der Waals surface area contributed by atoms with Gasteiger partial charge in [0.25, 0.3) is 0 Å². The van der Waals surface area contributed by atoms with E-state index in [0.717, 1.165) is 16.3 Å². The lowest BCUT2D eigenvalue weighted by Crippen LogP contribution is -2.48. The van der Waals surface area contributed by atoms with Gasteiger partial charge in [-0.15, -0.1) is 11.3 Å². The lowest BCUT2D eigenvalue weighted by molar-refractivity contribution is 0.170. The third kappa shape index (κ3) is 4.49. The average Bonchev–Trinajstić information content (AvgIpc) is 3.28. The van der Waals surface area contributed by atoms with Gasteiger partial charge in [-0.25, -0.2) is 13.4 Å². The van der Waals surface area contributed by atoms with Gasteiger partial charge < -0.3 is 9.47 Å². The normalized spacial score (nSPS) is 17.4. The number of piperazine rings is 1. The zero-order valence-corrected chi connectivity index (χ0v) is 19.6. The number of aromatic nitrogens is 1. The average molecular weight is 492 g/mol. The predicted molar refractivity (Wildman–Crippen MR) is 124 cm³/mol. The van der Waals surface area contributed by atoms with Crippen molar-refractivity contribution >= 4 is 33.0 Å². The van der Waals surface area contributed by atoms with Crippen LogP contribution in [0.4, 0.5) is 0 Å². The summed E-state index contributed by atoms with van der Waals surface area (Å²) in [7, 11) is -3.58. The van der Waals surface area contributed by atoms with Crippen LogP contribution in [0, 0.1) is 0 Å². The van der Waals surface area contributed by atoms with Crippen LogP contribution in [-0.4, -0.2) is 62.0 Å². The molecule has 0 aliphatic carbocycles. The summed E-state index contributed by atoms with van der Waals surface area (Å²) in [5.74, 6) is 1.07. The molecule has 0 spiro atoms. The summed E-state index contributed by atoms with van der Waals surface area (Å²) >= 11 is 7.57. The van der Waals surface area contributed by atoms with E-state index in [1.54, 1.807) is 29.5 Å². The van der Waals surface area contributed by atoms with Gasteiger partial charge in [-0.1, -0.05) is 23.7 Å². The first-order chi connectivity index (χ1) is 15.5. The fraction of sp³-hybridized carbons (Fsp3) is 0.318. The van der Waals surface area contributed by atoms with Crippen LogP contribution in [0.1, 0.15) is 5.69 Å². The Morgan fingerprint density at radius 3 is 2.44 bits per heavy atom. The predicted octanol–water partition coefficient (Wildman–Crippen LogP) is 3.74. The summed E-state index contributed by atoms with van der Waals surface area (Å²) in [6, 6.07) is 12.5. The minimum atomic E-state index is -3.58. The Labute approximate surface area is 196 Å². The van der Waals surface area contributed by atoms with E-state index in [1.807, 2.05) is 24.3 Å². The van der Waals surface area contributed by atoms with Crippen LogP contribution in [0.25, 0.3) is 10.6 Å². The fourth-order valence-corrected chi connectivity index (χ4v) is 6.18. The zero-order chi connectivity index (χ0) is 22.1. The molecule has 2 aliphatic heterocycles. The summed E-state index contributed by atoms with van der Waals surface area (Å²) < 4.78 is 38.8. The Balaban J connectivity index is 1.21. The van der Waals surface area contributed by atoms with E-state index in [0.29, 0.717) is 62.5 Å². The SMILES string of the molecule is O=S(=O)(c1ccc2c(c1)OCCO2)N1CCN(Cc2csc(-c3ccc(Cl)cc3)n2)CC1. The molecule has 0 radical (unpaired) electrons. The summed E-state index contributed by atoms with van der Waals surface area (Å²) in [5, 5.41) is 3.72. The summed E-state index contributed by atoms with van der Waals surface area (Å²) in [4.78, 5) is 7.21.